The molecule has 17 heavy (non-hydrogen) atoms. The van der Waals surface area contributed by atoms with Gasteiger partial charge in [-0.2, -0.15) is 0 Å². The van der Waals surface area contributed by atoms with E-state index < -0.39 is 0 Å². The van der Waals surface area contributed by atoms with E-state index in [1.54, 1.807) is 0 Å². The average molecular weight is 235 g/mol. The molecule has 1 aliphatic rings. The first-order chi connectivity index (χ1) is 8.08. The second-order valence-electron chi connectivity index (χ2n) is 4.93. The predicted octanol–water partition coefficient (Wildman–Crippen LogP) is 2.61. The molecule has 3 heteroatoms. The maximum Gasteiger partial charge on any atom is 0.161 e. The zero-order chi connectivity index (χ0) is 12.4. The summed E-state index contributed by atoms with van der Waals surface area (Å²) in [5.41, 5.74) is 2.58. The number of fused-ring (bicyclic) bond motifs is 1. The summed E-state index contributed by atoms with van der Waals surface area (Å²) in [6.07, 6.45) is 0. The van der Waals surface area contributed by atoms with E-state index in [9.17, 15) is 0 Å². The van der Waals surface area contributed by atoms with Gasteiger partial charge in [-0.25, -0.2) is 0 Å². The van der Waals surface area contributed by atoms with Crippen molar-refractivity contribution in [2.45, 2.75) is 33.4 Å². The van der Waals surface area contributed by atoms with Crippen molar-refractivity contribution >= 4 is 0 Å². The molecular formula is C14H21NO2. The number of rotatable bonds is 3. The highest BCUT2D eigenvalue weighted by molar-refractivity contribution is 5.47. The molecule has 1 aliphatic heterocycles. The Kier molecular flexibility index (Phi) is 3.57. The summed E-state index contributed by atoms with van der Waals surface area (Å²) in [5, 5.41) is 0. The van der Waals surface area contributed by atoms with Crippen molar-refractivity contribution in [2.75, 3.05) is 20.3 Å². The molecule has 0 aromatic heterocycles. The highest BCUT2D eigenvalue weighted by Gasteiger charge is 2.15. The van der Waals surface area contributed by atoms with Gasteiger partial charge in [-0.15, -0.1) is 0 Å². The fraction of sp³-hybridized carbons (Fsp3) is 0.571. The maximum absolute atomic E-state index is 5.62. The number of nitrogens with zero attached hydrogens (tertiary/aromatic N) is 1. The first kappa shape index (κ1) is 12.2. The normalized spacial score (nSPS) is 14.5. The van der Waals surface area contributed by atoms with E-state index in [2.05, 4.69) is 44.9 Å². The third-order valence-corrected chi connectivity index (χ3v) is 3.30. The van der Waals surface area contributed by atoms with Gasteiger partial charge in [0.25, 0.3) is 0 Å². The first-order valence-corrected chi connectivity index (χ1v) is 6.17. The number of hydrogen-bond acceptors (Lipinski definition) is 3. The molecule has 0 N–H and O–H groups in total. The molecule has 0 fully saturated rings. The average Bonchev–Trinajstić information content (AvgIpc) is 2.29. The van der Waals surface area contributed by atoms with Gasteiger partial charge in [0, 0.05) is 12.6 Å². The van der Waals surface area contributed by atoms with Gasteiger partial charge >= 0.3 is 0 Å². The summed E-state index contributed by atoms with van der Waals surface area (Å²) in [6.45, 7) is 8.77. The Bertz CT molecular complexity index is 401. The summed E-state index contributed by atoms with van der Waals surface area (Å²) in [5.74, 6) is 1.76. The summed E-state index contributed by atoms with van der Waals surface area (Å²) < 4.78 is 11.2. The Morgan fingerprint density at radius 2 is 1.76 bits per heavy atom. The minimum absolute atomic E-state index is 0.544. The molecule has 94 valence electrons. The lowest BCUT2D eigenvalue weighted by Gasteiger charge is -2.24. The maximum atomic E-state index is 5.62. The van der Waals surface area contributed by atoms with E-state index in [-0.39, 0.29) is 0 Å². The van der Waals surface area contributed by atoms with E-state index in [0.29, 0.717) is 19.3 Å². The van der Waals surface area contributed by atoms with Gasteiger partial charge < -0.3 is 9.47 Å². The first-order valence-electron chi connectivity index (χ1n) is 6.17. The highest BCUT2D eigenvalue weighted by Crippen LogP contribution is 2.33. The Morgan fingerprint density at radius 1 is 1.18 bits per heavy atom. The van der Waals surface area contributed by atoms with Crippen LogP contribution in [0.3, 0.4) is 0 Å². The molecule has 0 atom stereocenters. The highest BCUT2D eigenvalue weighted by atomic mass is 16.6. The lowest BCUT2D eigenvalue weighted by molar-refractivity contribution is 0.171. The summed E-state index contributed by atoms with van der Waals surface area (Å²) in [6, 6.07) is 4.74. The molecule has 0 spiro atoms. The Morgan fingerprint density at radius 3 is 2.35 bits per heavy atom. The lowest BCUT2D eigenvalue weighted by atomic mass is 10.1. The van der Waals surface area contributed by atoms with Gasteiger partial charge in [-0.3, -0.25) is 4.90 Å². The van der Waals surface area contributed by atoms with Gasteiger partial charge in [-0.05, 0) is 51.1 Å². The van der Waals surface area contributed by atoms with Crippen molar-refractivity contribution in [3.8, 4) is 11.5 Å². The molecular weight excluding hydrogens is 214 g/mol. The second kappa shape index (κ2) is 4.96. The van der Waals surface area contributed by atoms with Gasteiger partial charge in [0.05, 0.1) is 0 Å². The molecule has 0 unspecified atom stereocenters. The van der Waals surface area contributed by atoms with Crippen LogP contribution < -0.4 is 9.47 Å². The molecule has 0 aliphatic carbocycles. The monoisotopic (exact) mass is 235 g/mol. The molecule has 1 heterocycles. The fourth-order valence-corrected chi connectivity index (χ4v) is 1.85. The third-order valence-electron chi connectivity index (χ3n) is 3.30. The third kappa shape index (κ3) is 2.72. The zero-order valence-electron chi connectivity index (χ0n) is 11.1. The van der Waals surface area contributed by atoms with Crippen LogP contribution in [0.5, 0.6) is 11.5 Å². The Hall–Kier alpha value is -1.22. The number of hydrogen-bond donors (Lipinski definition) is 0. The van der Waals surface area contributed by atoms with E-state index in [4.69, 9.17) is 9.47 Å². The minimum Gasteiger partial charge on any atom is -0.486 e. The number of benzene rings is 1. The Balaban J connectivity index is 2.22. The van der Waals surface area contributed by atoms with E-state index in [0.717, 1.165) is 18.0 Å². The molecule has 3 nitrogen and oxygen atoms in total. The largest absolute Gasteiger partial charge is 0.486 e. The molecule has 1 aromatic rings. The van der Waals surface area contributed by atoms with Crippen LogP contribution in [0, 0.1) is 6.92 Å². The molecule has 1 aromatic carbocycles. The quantitative estimate of drug-likeness (QED) is 0.804. The zero-order valence-corrected chi connectivity index (χ0v) is 11.1. The molecule has 2 rings (SSSR count). The number of ether oxygens (including phenoxy) is 2. The SMILES string of the molecule is Cc1cc2c(cc1CN(C)C(C)C)OCCO2. The van der Waals surface area contributed by atoms with Gasteiger partial charge in [0.1, 0.15) is 13.2 Å². The van der Waals surface area contributed by atoms with E-state index in [1.165, 1.54) is 11.1 Å². The van der Waals surface area contributed by atoms with Crippen LogP contribution in [0.15, 0.2) is 12.1 Å². The predicted molar refractivity (Wildman–Crippen MR) is 68.8 cm³/mol. The summed E-state index contributed by atoms with van der Waals surface area (Å²) in [4.78, 5) is 2.32. The minimum atomic E-state index is 0.544. The Labute approximate surface area is 103 Å². The van der Waals surface area contributed by atoms with E-state index >= 15 is 0 Å². The van der Waals surface area contributed by atoms with Crippen LogP contribution in [0.2, 0.25) is 0 Å². The van der Waals surface area contributed by atoms with Crippen molar-refractivity contribution < 1.29 is 9.47 Å². The van der Waals surface area contributed by atoms with Crippen LogP contribution in [0.25, 0.3) is 0 Å². The van der Waals surface area contributed by atoms with Gasteiger partial charge in [0.15, 0.2) is 11.5 Å². The van der Waals surface area contributed by atoms with Crippen LogP contribution >= 0.6 is 0 Å². The fourth-order valence-electron chi connectivity index (χ4n) is 1.85. The van der Waals surface area contributed by atoms with Crippen molar-refractivity contribution in [1.29, 1.82) is 0 Å². The van der Waals surface area contributed by atoms with Crippen LogP contribution in [0.1, 0.15) is 25.0 Å². The van der Waals surface area contributed by atoms with Gasteiger partial charge in [-0.1, -0.05) is 0 Å². The van der Waals surface area contributed by atoms with Crippen molar-refractivity contribution in [3.05, 3.63) is 23.3 Å². The van der Waals surface area contributed by atoms with Crippen LogP contribution in [0.4, 0.5) is 0 Å². The summed E-state index contributed by atoms with van der Waals surface area (Å²) >= 11 is 0. The lowest BCUT2D eigenvalue weighted by Crippen LogP contribution is -2.26. The van der Waals surface area contributed by atoms with Crippen molar-refractivity contribution in [1.82, 2.24) is 4.90 Å². The molecule has 0 saturated carbocycles. The standard InChI is InChI=1S/C14H21NO2/c1-10(2)15(4)9-12-8-14-13(7-11(12)3)16-5-6-17-14/h7-8,10H,5-6,9H2,1-4H3. The molecule has 0 amide bonds. The molecule has 0 radical (unpaired) electrons. The van der Waals surface area contributed by atoms with Crippen LogP contribution in [-0.2, 0) is 6.54 Å². The second-order valence-corrected chi connectivity index (χ2v) is 4.93. The van der Waals surface area contributed by atoms with Crippen molar-refractivity contribution in [3.63, 3.8) is 0 Å². The molecule has 0 bridgehead atoms. The molecule has 0 saturated heterocycles. The topological polar surface area (TPSA) is 21.7 Å². The van der Waals surface area contributed by atoms with E-state index in [1.807, 2.05) is 0 Å². The summed E-state index contributed by atoms with van der Waals surface area (Å²) in [7, 11) is 2.14. The number of aryl methyl sites for hydroxylation is 1. The van der Waals surface area contributed by atoms with Crippen molar-refractivity contribution in [2.24, 2.45) is 0 Å². The smallest absolute Gasteiger partial charge is 0.161 e. The van der Waals surface area contributed by atoms with Gasteiger partial charge in [0.2, 0.25) is 0 Å². The van der Waals surface area contributed by atoms with Crippen LogP contribution in [-0.4, -0.2) is 31.2 Å².